The van der Waals surface area contributed by atoms with Gasteiger partial charge in [0.2, 0.25) is 6.04 Å². The number of benzene rings is 1. The SMILES string of the molecule is CC(Cc1cc(Br)cc(Br)c1O)[N+](=O)[O-]. The number of phenolic OH excluding ortho intramolecular Hbond substituents is 1. The highest BCUT2D eigenvalue weighted by atomic mass is 79.9. The number of nitrogens with zero attached hydrogens (tertiary/aromatic N) is 1. The van der Waals surface area contributed by atoms with Crippen LogP contribution in [0.3, 0.4) is 0 Å². The molecule has 1 rings (SSSR count). The lowest BCUT2D eigenvalue weighted by Gasteiger charge is -2.08. The van der Waals surface area contributed by atoms with E-state index in [0.717, 1.165) is 4.47 Å². The molecule has 4 nitrogen and oxygen atoms in total. The molecule has 0 fully saturated rings. The Morgan fingerprint density at radius 1 is 1.53 bits per heavy atom. The van der Waals surface area contributed by atoms with Crippen molar-refractivity contribution in [3.8, 4) is 5.75 Å². The first-order valence-electron chi connectivity index (χ1n) is 4.22. The average Bonchev–Trinajstić information content (AvgIpc) is 2.13. The fourth-order valence-electron chi connectivity index (χ4n) is 1.17. The third-order valence-electron chi connectivity index (χ3n) is 1.98. The summed E-state index contributed by atoms with van der Waals surface area (Å²) >= 11 is 6.44. The molecule has 1 N–H and O–H groups in total. The first-order valence-corrected chi connectivity index (χ1v) is 5.80. The topological polar surface area (TPSA) is 63.4 Å². The van der Waals surface area contributed by atoms with Gasteiger partial charge in [0, 0.05) is 28.3 Å². The second kappa shape index (κ2) is 4.94. The van der Waals surface area contributed by atoms with Crippen LogP contribution >= 0.6 is 31.9 Å². The van der Waals surface area contributed by atoms with Crippen LogP contribution in [0.1, 0.15) is 12.5 Å². The van der Waals surface area contributed by atoms with E-state index in [9.17, 15) is 15.2 Å². The van der Waals surface area contributed by atoms with Crippen molar-refractivity contribution in [2.75, 3.05) is 0 Å². The van der Waals surface area contributed by atoms with Crippen molar-refractivity contribution < 1.29 is 10.0 Å². The van der Waals surface area contributed by atoms with Gasteiger partial charge in [-0.15, -0.1) is 0 Å². The highest BCUT2D eigenvalue weighted by molar-refractivity contribution is 9.11. The van der Waals surface area contributed by atoms with Gasteiger partial charge in [-0.1, -0.05) is 15.9 Å². The minimum absolute atomic E-state index is 0.0619. The average molecular weight is 339 g/mol. The molecule has 1 aromatic carbocycles. The maximum absolute atomic E-state index is 10.5. The van der Waals surface area contributed by atoms with Gasteiger partial charge in [-0.2, -0.15) is 0 Å². The van der Waals surface area contributed by atoms with Gasteiger partial charge in [-0.25, -0.2) is 0 Å². The summed E-state index contributed by atoms with van der Waals surface area (Å²) in [7, 11) is 0. The molecule has 0 saturated heterocycles. The molecule has 0 saturated carbocycles. The molecule has 0 aromatic heterocycles. The Hall–Kier alpha value is -0.620. The lowest BCUT2D eigenvalue weighted by molar-refractivity contribution is -0.517. The van der Waals surface area contributed by atoms with E-state index in [2.05, 4.69) is 31.9 Å². The summed E-state index contributed by atoms with van der Waals surface area (Å²) in [5.41, 5.74) is 0.556. The van der Waals surface area contributed by atoms with Crippen LogP contribution in [0.5, 0.6) is 5.75 Å². The molecule has 0 spiro atoms. The summed E-state index contributed by atoms with van der Waals surface area (Å²) in [5.74, 6) is 0.0619. The number of nitro groups is 1. The van der Waals surface area contributed by atoms with Crippen molar-refractivity contribution >= 4 is 31.9 Å². The summed E-state index contributed by atoms with van der Waals surface area (Å²) in [5, 5.41) is 20.1. The zero-order valence-corrected chi connectivity index (χ0v) is 11.1. The van der Waals surface area contributed by atoms with Crippen LogP contribution in [0.25, 0.3) is 0 Å². The number of rotatable bonds is 3. The summed E-state index contributed by atoms with van der Waals surface area (Å²) < 4.78 is 1.31. The van der Waals surface area contributed by atoms with Gasteiger partial charge in [0.15, 0.2) is 0 Å². The van der Waals surface area contributed by atoms with E-state index in [1.165, 1.54) is 6.92 Å². The van der Waals surface area contributed by atoms with Crippen LogP contribution in [0.4, 0.5) is 0 Å². The predicted molar refractivity (Wildman–Crippen MR) is 63.7 cm³/mol. The Morgan fingerprint density at radius 3 is 2.67 bits per heavy atom. The first-order chi connectivity index (χ1) is 6.91. The molecule has 1 aromatic rings. The second-order valence-electron chi connectivity index (χ2n) is 3.23. The summed E-state index contributed by atoms with van der Waals surface area (Å²) in [6, 6.07) is 2.66. The van der Waals surface area contributed by atoms with E-state index in [1.54, 1.807) is 12.1 Å². The van der Waals surface area contributed by atoms with Crippen molar-refractivity contribution in [3.05, 3.63) is 36.8 Å². The molecule has 0 radical (unpaired) electrons. The maximum Gasteiger partial charge on any atom is 0.214 e. The molecular weight excluding hydrogens is 330 g/mol. The number of aromatic hydroxyl groups is 1. The van der Waals surface area contributed by atoms with Crippen LogP contribution in [0, 0.1) is 10.1 Å². The summed E-state index contributed by atoms with van der Waals surface area (Å²) in [4.78, 5) is 10.1. The van der Waals surface area contributed by atoms with E-state index in [-0.39, 0.29) is 17.1 Å². The molecule has 0 aliphatic rings. The maximum atomic E-state index is 10.5. The largest absolute Gasteiger partial charge is 0.506 e. The van der Waals surface area contributed by atoms with Gasteiger partial charge in [0.25, 0.3) is 0 Å². The van der Waals surface area contributed by atoms with Gasteiger partial charge < -0.3 is 5.11 Å². The van der Waals surface area contributed by atoms with Crippen LogP contribution in [0.15, 0.2) is 21.1 Å². The molecular formula is C9H9Br2NO3. The van der Waals surface area contributed by atoms with E-state index in [4.69, 9.17) is 0 Å². The molecule has 6 heteroatoms. The van der Waals surface area contributed by atoms with Crippen LogP contribution in [-0.2, 0) is 6.42 Å². The Kier molecular flexibility index (Phi) is 4.10. The molecule has 0 bridgehead atoms. The standard InChI is InChI=1S/C9H9Br2NO3/c1-5(12(14)15)2-6-3-7(10)4-8(11)9(6)13/h3-5,13H,2H2,1H3. The number of hydrogen-bond donors (Lipinski definition) is 1. The number of hydrogen-bond acceptors (Lipinski definition) is 3. The molecule has 0 amide bonds. The molecule has 0 aliphatic carbocycles. The zero-order valence-electron chi connectivity index (χ0n) is 7.91. The number of phenols is 1. The fourth-order valence-corrected chi connectivity index (χ4v) is 2.48. The summed E-state index contributed by atoms with van der Waals surface area (Å²) in [6.45, 7) is 1.51. The molecule has 82 valence electrons. The van der Waals surface area contributed by atoms with Gasteiger partial charge in [0.05, 0.1) is 4.47 Å². The first kappa shape index (κ1) is 12.4. The quantitative estimate of drug-likeness (QED) is 0.680. The van der Waals surface area contributed by atoms with Crippen LogP contribution < -0.4 is 0 Å². The lowest BCUT2D eigenvalue weighted by atomic mass is 10.1. The van der Waals surface area contributed by atoms with E-state index < -0.39 is 6.04 Å². The highest BCUT2D eigenvalue weighted by Gasteiger charge is 2.17. The van der Waals surface area contributed by atoms with Gasteiger partial charge in [-0.05, 0) is 28.1 Å². The van der Waals surface area contributed by atoms with Gasteiger partial charge >= 0.3 is 0 Å². The Labute approximate surface area is 104 Å². The highest BCUT2D eigenvalue weighted by Crippen LogP contribution is 2.32. The molecule has 1 atom stereocenters. The fraction of sp³-hybridized carbons (Fsp3) is 0.333. The van der Waals surface area contributed by atoms with Gasteiger partial charge in [0.1, 0.15) is 5.75 Å². The van der Waals surface area contributed by atoms with Crippen molar-refractivity contribution in [2.24, 2.45) is 0 Å². The molecule has 15 heavy (non-hydrogen) atoms. The predicted octanol–water partition coefficient (Wildman–Crippen LogP) is 3.12. The van der Waals surface area contributed by atoms with Crippen LogP contribution in [0.2, 0.25) is 0 Å². The monoisotopic (exact) mass is 337 g/mol. The third kappa shape index (κ3) is 3.17. The minimum atomic E-state index is -0.711. The van der Waals surface area contributed by atoms with E-state index in [1.807, 2.05) is 0 Å². The van der Waals surface area contributed by atoms with Crippen molar-refractivity contribution in [1.82, 2.24) is 0 Å². The van der Waals surface area contributed by atoms with Crippen molar-refractivity contribution in [2.45, 2.75) is 19.4 Å². The Bertz CT molecular complexity index is 395. The summed E-state index contributed by atoms with van der Waals surface area (Å²) in [6.07, 6.45) is 0.205. The van der Waals surface area contributed by atoms with E-state index in [0.29, 0.717) is 10.0 Å². The van der Waals surface area contributed by atoms with E-state index >= 15 is 0 Å². The zero-order chi connectivity index (χ0) is 11.6. The third-order valence-corrected chi connectivity index (χ3v) is 3.04. The minimum Gasteiger partial charge on any atom is -0.506 e. The molecule has 1 unspecified atom stereocenters. The van der Waals surface area contributed by atoms with Crippen molar-refractivity contribution in [1.29, 1.82) is 0 Å². The molecule has 0 heterocycles. The number of halogens is 2. The Balaban J connectivity index is 2.99. The normalized spacial score (nSPS) is 12.5. The van der Waals surface area contributed by atoms with Gasteiger partial charge in [-0.3, -0.25) is 10.1 Å². The Morgan fingerprint density at radius 2 is 2.13 bits per heavy atom. The lowest BCUT2D eigenvalue weighted by Crippen LogP contribution is -2.17. The van der Waals surface area contributed by atoms with Crippen molar-refractivity contribution in [3.63, 3.8) is 0 Å². The second-order valence-corrected chi connectivity index (χ2v) is 5.00. The van der Waals surface area contributed by atoms with Crippen LogP contribution in [-0.4, -0.2) is 16.1 Å². The smallest absolute Gasteiger partial charge is 0.214 e. The molecule has 0 aliphatic heterocycles.